The summed E-state index contributed by atoms with van der Waals surface area (Å²) in [4.78, 5) is 39.5. The molecule has 0 saturated carbocycles. The van der Waals surface area contributed by atoms with Crippen molar-refractivity contribution < 1.29 is 23.5 Å². The minimum atomic E-state index is -0.720. The van der Waals surface area contributed by atoms with Crippen LogP contribution in [0.2, 0.25) is 5.02 Å². The van der Waals surface area contributed by atoms with E-state index in [1.54, 1.807) is 36.4 Å². The average Bonchev–Trinajstić information content (AvgIpc) is 3.25. The number of anilines is 2. The largest absolute Gasteiger partial charge is 0.456 e. The second-order valence-electron chi connectivity index (χ2n) is 7.87. The van der Waals surface area contributed by atoms with E-state index in [-0.39, 0.29) is 22.8 Å². The number of carbonyl (C=O) groups excluding carboxylic acids is 3. The van der Waals surface area contributed by atoms with Gasteiger partial charge in [-0.05, 0) is 48.7 Å². The molecule has 0 radical (unpaired) electrons. The van der Waals surface area contributed by atoms with Crippen LogP contribution in [0.3, 0.4) is 0 Å². The minimum absolute atomic E-state index is 0.00368. The molecule has 1 aromatic heterocycles. The van der Waals surface area contributed by atoms with Crippen LogP contribution in [0.25, 0.3) is 10.4 Å². The van der Waals surface area contributed by atoms with Crippen LogP contribution in [0.15, 0.2) is 54.6 Å². The summed E-state index contributed by atoms with van der Waals surface area (Å²) in [7, 11) is 0. The van der Waals surface area contributed by atoms with Crippen LogP contribution in [0.4, 0.5) is 25.4 Å². The van der Waals surface area contributed by atoms with Crippen LogP contribution >= 0.6 is 22.9 Å². The normalized spacial score (nSPS) is 15.4. The van der Waals surface area contributed by atoms with Gasteiger partial charge in [-0.3, -0.25) is 0 Å². The van der Waals surface area contributed by atoms with Gasteiger partial charge >= 0.3 is 18.0 Å². The molecule has 1 unspecified atom stereocenters. The first-order chi connectivity index (χ1) is 16.8. The highest BCUT2D eigenvalue weighted by Gasteiger charge is 2.28. The maximum Gasteiger partial charge on any atom is 0.350 e. The van der Waals surface area contributed by atoms with E-state index in [0.29, 0.717) is 29.3 Å². The lowest BCUT2D eigenvalue weighted by atomic mass is 10.1. The van der Waals surface area contributed by atoms with Crippen molar-refractivity contribution in [1.29, 1.82) is 0 Å². The lowest BCUT2D eigenvalue weighted by Crippen LogP contribution is -2.46. The van der Waals surface area contributed by atoms with E-state index in [9.17, 15) is 18.8 Å². The fourth-order valence-electron chi connectivity index (χ4n) is 3.67. The zero-order chi connectivity index (χ0) is 24.9. The summed E-state index contributed by atoms with van der Waals surface area (Å²) in [5, 5.41) is 5.61. The number of carbonyl (C=O) groups is 3. The van der Waals surface area contributed by atoms with E-state index >= 15 is 0 Å². The van der Waals surface area contributed by atoms with E-state index in [1.807, 2.05) is 0 Å². The van der Waals surface area contributed by atoms with Crippen LogP contribution < -0.4 is 16.4 Å². The Bertz CT molecular complexity index is 1250. The minimum Gasteiger partial charge on any atom is -0.456 e. The molecule has 4 amide bonds. The summed E-state index contributed by atoms with van der Waals surface area (Å²) < 4.78 is 19.6. The molecule has 8 nitrogen and oxygen atoms in total. The van der Waals surface area contributed by atoms with Crippen LogP contribution in [-0.4, -0.2) is 42.1 Å². The van der Waals surface area contributed by atoms with Crippen molar-refractivity contribution in [2.24, 2.45) is 5.73 Å². The van der Waals surface area contributed by atoms with Gasteiger partial charge in [0, 0.05) is 16.4 Å². The summed E-state index contributed by atoms with van der Waals surface area (Å²) in [6.45, 7) is 0.707. The zero-order valence-electron chi connectivity index (χ0n) is 18.4. The number of likely N-dealkylation sites (tertiary alicyclic amines) is 1. The predicted molar refractivity (Wildman–Crippen MR) is 133 cm³/mol. The molecule has 0 aliphatic carbocycles. The number of urea groups is 2. The standard InChI is InChI=1S/C24H22ClFN4O4S/c25-15-9-7-14(8-10-15)20-12-19(29-24(33)28-18-6-2-1-5-17(18)26)21(35-20)22(31)34-16-4-3-11-30(13-16)23(27)32/h1-2,5-10,12,16H,3-4,11,13H2,(H2,27,32)(H2,28,29,33). The smallest absolute Gasteiger partial charge is 0.350 e. The van der Waals surface area contributed by atoms with Gasteiger partial charge in [-0.2, -0.15) is 0 Å². The third kappa shape index (κ3) is 6.09. The Morgan fingerprint density at radius 1 is 1.09 bits per heavy atom. The predicted octanol–water partition coefficient (Wildman–Crippen LogP) is 5.55. The maximum atomic E-state index is 13.9. The molecule has 4 rings (SSSR count). The van der Waals surface area contributed by atoms with Gasteiger partial charge in [-0.15, -0.1) is 11.3 Å². The van der Waals surface area contributed by atoms with Crippen molar-refractivity contribution in [3.63, 3.8) is 0 Å². The molecule has 4 N–H and O–H groups in total. The number of nitrogens with two attached hydrogens (primary N) is 1. The van der Waals surface area contributed by atoms with Gasteiger partial charge < -0.3 is 26.0 Å². The highest BCUT2D eigenvalue weighted by molar-refractivity contribution is 7.18. The van der Waals surface area contributed by atoms with Gasteiger partial charge in [0.1, 0.15) is 16.8 Å². The van der Waals surface area contributed by atoms with Crippen LogP contribution in [-0.2, 0) is 4.74 Å². The zero-order valence-corrected chi connectivity index (χ0v) is 20.0. The number of halogens is 2. The molecule has 2 aromatic carbocycles. The molecule has 1 saturated heterocycles. The number of ether oxygens (including phenoxy) is 1. The number of esters is 1. The number of primary amides is 1. The van der Waals surface area contributed by atoms with E-state index < -0.39 is 30.0 Å². The van der Waals surface area contributed by atoms with Crippen LogP contribution in [0.1, 0.15) is 22.5 Å². The molecule has 1 aliphatic rings. The lowest BCUT2D eigenvalue weighted by molar-refractivity contribution is 0.0134. The number of hydrogen-bond acceptors (Lipinski definition) is 5. The fraction of sp³-hybridized carbons (Fsp3) is 0.208. The second kappa shape index (κ2) is 10.7. The quantitative estimate of drug-likeness (QED) is 0.386. The van der Waals surface area contributed by atoms with Crippen molar-refractivity contribution in [1.82, 2.24) is 4.90 Å². The monoisotopic (exact) mass is 516 g/mol. The van der Waals surface area contributed by atoms with Crippen molar-refractivity contribution >= 4 is 52.3 Å². The SMILES string of the molecule is NC(=O)N1CCCC(OC(=O)c2sc(-c3ccc(Cl)cc3)cc2NC(=O)Nc2ccccc2F)C1. The number of para-hydroxylation sites is 1. The summed E-state index contributed by atoms with van der Waals surface area (Å²) in [6, 6.07) is 13.1. The molecule has 1 atom stereocenters. The maximum absolute atomic E-state index is 13.9. The Hall–Kier alpha value is -3.63. The summed E-state index contributed by atoms with van der Waals surface area (Å²) >= 11 is 7.12. The number of benzene rings is 2. The molecule has 0 bridgehead atoms. The van der Waals surface area contributed by atoms with Gasteiger partial charge in [0.05, 0.1) is 17.9 Å². The first-order valence-corrected chi connectivity index (χ1v) is 12.0. The lowest BCUT2D eigenvalue weighted by Gasteiger charge is -2.31. The summed E-state index contributed by atoms with van der Waals surface area (Å²) in [5.41, 5.74) is 6.35. The Kier molecular flexibility index (Phi) is 7.52. The molecular formula is C24H22ClFN4O4S. The molecular weight excluding hydrogens is 495 g/mol. The van der Waals surface area contributed by atoms with Gasteiger partial charge in [0.25, 0.3) is 0 Å². The van der Waals surface area contributed by atoms with Crippen LogP contribution in [0, 0.1) is 5.82 Å². The number of hydrogen-bond donors (Lipinski definition) is 3. The fourth-order valence-corrected chi connectivity index (χ4v) is 4.80. The average molecular weight is 517 g/mol. The van der Waals surface area contributed by atoms with Crippen molar-refractivity contribution in [2.75, 3.05) is 23.7 Å². The van der Waals surface area contributed by atoms with Gasteiger partial charge in [-0.25, -0.2) is 18.8 Å². The van der Waals surface area contributed by atoms with E-state index in [2.05, 4.69) is 10.6 Å². The number of thiophene rings is 1. The van der Waals surface area contributed by atoms with Crippen molar-refractivity contribution in [3.8, 4) is 10.4 Å². The number of rotatable bonds is 5. The Balaban J connectivity index is 1.57. The summed E-state index contributed by atoms with van der Waals surface area (Å²) in [6.07, 6.45) is 0.712. The topological polar surface area (TPSA) is 114 Å². The Morgan fingerprint density at radius 2 is 1.80 bits per heavy atom. The highest BCUT2D eigenvalue weighted by Crippen LogP contribution is 2.36. The number of piperidine rings is 1. The Morgan fingerprint density at radius 3 is 2.51 bits per heavy atom. The van der Waals surface area contributed by atoms with E-state index in [4.69, 9.17) is 22.1 Å². The molecule has 2 heterocycles. The number of nitrogens with zero attached hydrogens (tertiary/aromatic N) is 1. The van der Waals surface area contributed by atoms with Crippen molar-refractivity contribution in [2.45, 2.75) is 18.9 Å². The van der Waals surface area contributed by atoms with Gasteiger partial charge in [0.2, 0.25) is 0 Å². The molecule has 0 spiro atoms. The molecule has 3 aromatic rings. The first-order valence-electron chi connectivity index (χ1n) is 10.8. The van der Waals surface area contributed by atoms with E-state index in [1.165, 1.54) is 23.1 Å². The molecule has 35 heavy (non-hydrogen) atoms. The van der Waals surface area contributed by atoms with Crippen LogP contribution in [0.5, 0.6) is 0 Å². The third-order valence-corrected chi connectivity index (χ3v) is 6.80. The second-order valence-corrected chi connectivity index (χ2v) is 9.36. The summed E-state index contributed by atoms with van der Waals surface area (Å²) in [5.74, 6) is -1.24. The van der Waals surface area contributed by atoms with Gasteiger partial charge in [0.15, 0.2) is 0 Å². The highest BCUT2D eigenvalue weighted by atomic mass is 35.5. The van der Waals surface area contributed by atoms with E-state index in [0.717, 1.165) is 16.9 Å². The number of amides is 4. The molecule has 182 valence electrons. The number of nitrogens with one attached hydrogen (secondary N) is 2. The van der Waals surface area contributed by atoms with Gasteiger partial charge in [-0.1, -0.05) is 35.9 Å². The molecule has 1 aliphatic heterocycles. The molecule has 11 heteroatoms. The van der Waals surface area contributed by atoms with Crippen molar-refractivity contribution in [3.05, 3.63) is 70.3 Å². The Labute approximate surface area is 209 Å². The first kappa shape index (κ1) is 24.5. The molecule has 1 fully saturated rings. The third-order valence-electron chi connectivity index (χ3n) is 5.38.